The van der Waals surface area contributed by atoms with Crippen LogP contribution in [0, 0.1) is 12.7 Å². The molecular formula is C12H10ClFOS. The zero-order valence-corrected chi connectivity index (χ0v) is 10.1. The fourth-order valence-electron chi connectivity index (χ4n) is 1.51. The molecular weight excluding hydrogens is 247 g/mol. The van der Waals surface area contributed by atoms with Crippen LogP contribution in [0.2, 0.25) is 5.02 Å². The summed E-state index contributed by atoms with van der Waals surface area (Å²) in [7, 11) is 0. The van der Waals surface area contributed by atoms with Crippen LogP contribution < -0.4 is 0 Å². The van der Waals surface area contributed by atoms with Crippen molar-refractivity contribution in [3.63, 3.8) is 0 Å². The van der Waals surface area contributed by atoms with Crippen LogP contribution in [0.4, 0.5) is 4.39 Å². The Morgan fingerprint density at radius 2 is 2.12 bits per heavy atom. The molecule has 0 aliphatic rings. The third kappa shape index (κ3) is 2.26. The minimum Gasteiger partial charge on any atom is -0.384 e. The van der Waals surface area contributed by atoms with E-state index in [2.05, 4.69) is 0 Å². The summed E-state index contributed by atoms with van der Waals surface area (Å²) in [6, 6.07) is 6.02. The number of rotatable bonds is 2. The van der Waals surface area contributed by atoms with Gasteiger partial charge in [0.1, 0.15) is 11.9 Å². The van der Waals surface area contributed by atoms with E-state index in [0.717, 1.165) is 4.88 Å². The van der Waals surface area contributed by atoms with Gasteiger partial charge in [0.25, 0.3) is 0 Å². The van der Waals surface area contributed by atoms with E-state index < -0.39 is 11.9 Å². The number of aliphatic hydroxyl groups excluding tert-OH is 1. The van der Waals surface area contributed by atoms with Crippen molar-refractivity contribution in [2.24, 2.45) is 0 Å². The molecule has 4 heteroatoms. The van der Waals surface area contributed by atoms with Crippen LogP contribution in [0.1, 0.15) is 22.1 Å². The Morgan fingerprint density at radius 1 is 1.38 bits per heavy atom. The highest BCUT2D eigenvalue weighted by Gasteiger charge is 2.16. The van der Waals surface area contributed by atoms with Crippen LogP contribution >= 0.6 is 22.9 Å². The molecule has 0 saturated heterocycles. The molecule has 0 radical (unpaired) electrons. The van der Waals surface area contributed by atoms with Crippen molar-refractivity contribution in [3.05, 3.63) is 56.5 Å². The van der Waals surface area contributed by atoms with E-state index in [-0.39, 0.29) is 5.56 Å². The van der Waals surface area contributed by atoms with E-state index >= 15 is 0 Å². The number of thiophene rings is 1. The molecule has 1 heterocycles. The minimum absolute atomic E-state index is 0.213. The molecule has 0 aliphatic heterocycles. The SMILES string of the molecule is Cc1cc(C(O)c2cc(Cl)ccc2F)cs1. The molecule has 1 atom stereocenters. The Bertz CT molecular complexity index is 509. The number of benzene rings is 1. The second-order valence-corrected chi connectivity index (χ2v) is 5.11. The van der Waals surface area contributed by atoms with Gasteiger partial charge in [-0.25, -0.2) is 4.39 Å². The first-order valence-corrected chi connectivity index (χ1v) is 6.02. The molecule has 1 nitrogen and oxygen atoms in total. The van der Waals surface area contributed by atoms with E-state index in [1.807, 2.05) is 18.4 Å². The molecule has 1 unspecified atom stereocenters. The molecule has 0 aliphatic carbocycles. The van der Waals surface area contributed by atoms with Gasteiger partial charge in [0, 0.05) is 15.5 Å². The van der Waals surface area contributed by atoms with Gasteiger partial charge in [0.15, 0.2) is 0 Å². The van der Waals surface area contributed by atoms with E-state index in [1.165, 1.54) is 29.5 Å². The Morgan fingerprint density at radius 3 is 2.75 bits per heavy atom. The lowest BCUT2D eigenvalue weighted by Gasteiger charge is -2.10. The maximum atomic E-state index is 13.5. The predicted molar refractivity (Wildman–Crippen MR) is 64.5 cm³/mol. The molecule has 1 aromatic heterocycles. The summed E-state index contributed by atoms with van der Waals surface area (Å²) in [4.78, 5) is 1.08. The minimum atomic E-state index is -0.955. The number of halogens is 2. The summed E-state index contributed by atoms with van der Waals surface area (Å²) in [5.74, 6) is -0.444. The van der Waals surface area contributed by atoms with Gasteiger partial charge < -0.3 is 5.11 Å². The van der Waals surface area contributed by atoms with E-state index in [4.69, 9.17) is 11.6 Å². The van der Waals surface area contributed by atoms with Gasteiger partial charge >= 0.3 is 0 Å². The molecule has 0 spiro atoms. The van der Waals surface area contributed by atoms with Gasteiger partial charge in [0.05, 0.1) is 0 Å². The first-order valence-electron chi connectivity index (χ1n) is 4.76. The summed E-state index contributed by atoms with van der Waals surface area (Å²) >= 11 is 7.30. The highest BCUT2D eigenvalue weighted by atomic mass is 35.5. The number of aryl methyl sites for hydroxylation is 1. The Hall–Kier alpha value is -0.900. The predicted octanol–water partition coefficient (Wildman–Crippen LogP) is 3.93. The van der Waals surface area contributed by atoms with Gasteiger partial charge in [-0.05, 0) is 42.1 Å². The molecule has 2 rings (SSSR count). The van der Waals surface area contributed by atoms with Crippen molar-refractivity contribution in [3.8, 4) is 0 Å². The normalized spacial score (nSPS) is 12.8. The molecule has 1 N–H and O–H groups in total. The molecule has 0 bridgehead atoms. The highest BCUT2D eigenvalue weighted by molar-refractivity contribution is 7.10. The smallest absolute Gasteiger partial charge is 0.129 e. The third-order valence-corrected chi connectivity index (χ3v) is 3.43. The fourth-order valence-corrected chi connectivity index (χ4v) is 2.41. The monoisotopic (exact) mass is 256 g/mol. The number of aliphatic hydroxyl groups is 1. The fraction of sp³-hybridized carbons (Fsp3) is 0.167. The molecule has 1 aromatic carbocycles. The van der Waals surface area contributed by atoms with Crippen LogP contribution in [-0.4, -0.2) is 5.11 Å². The zero-order chi connectivity index (χ0) is 11.7. The van der Waals surface area contributed by atoms with Gasteiger partial charge in [0.2, 0.25) is 0 Å². The summed E-state index contributed by atoms with van der Waals surface area (Å²) in [6.45, 7) is 1.94. The van der Waals surface area contributed by atoms with Gasteiger partial charge in [-0.1, -0.05) is 11.6 Å². The molecule has 0 saturated carbocycles. The van der Waals surface area contributed by atoms with E-state index in [9.17, 15) is 9.50 Å². The third-order valence-electron chi connectivity index (χ3n) is 2.32. The molecule has 0 amide bonds. The van der Waals surface area contributed by atoms with Crippen LogP contribution in [0.25, 0.3) is 0 Å². The van der Waals surface area contributed by atoms with Crippen LogP contribution in [0.15, 0.2) is 29.6 Å². The number of hydrogen-bond donors (Lipinski definition) is 1. The summed E-state index contributed by atoms with van der Waals surface area (Å²) < 4.78 is 13.5. The van der Waals surface area contributed by atoms with Crippen LogP contribution in [-0.2, 0) is 0 Å². The summed E-state index contributed by atoms with van der Waals surface area (Å²) in [5.41, 5.74) is 0.911. The number of hydrogen-bond acceptors (Lipinski definition) is 2. The van der Waals surface area contributed by atoms with Crippen molar-refractivity contribution < 1.29 is 9.50 Å². The van der Waals surface area contributed by atoms with Crippen LogP contribution in [0.5, 0.6) is 0 Å². The van der Waals surface area contributed by atoms with Crippen LogP contribution in [0.3, 0.4) is 0 Å². The van der Waals surface area contributed by atoms with Gasteiger partial charge in [-0.3, -0.25) is 0 Å². The average molecular weight is 257 g/mol. The maximum absolute atomic E-state index is 13.5. The maximum Gasteiger partial charge on any atom is 0.129 e. The zero-order valence-electron chi connectivity index (χ0n) is 8.58. The van der Waals surface area contributed by atoms with Crippen molar-refractivity contribution in [2.75, 3.05) is 0 Å². The molecule has 84 valence electrons. The topological polar surface area (TPSA) is 20.2 Å². The van der Waals surface area contributed by atoms with Crippen molar-refractivity contribution in [2.45, 2.75) is 13.0 Å². The Kier molecular flexibility index (Phi) is 3.28. The summed E-state index contributed by atoms with van der Waals surface area (Å²) in [5, 5.41) is 12.3. The van der Waals surface area contributed by atoms with Crippen molar-refractivity contribution in [1.82, 2.24) is 0 Å². The summed E-state index contributed by atoms with van der Waals surface area (Å²) in [6.07, 6.45) is -0.955. The highest BCUT2D eigenvalue weighted by Crippen LogP contribution is 2.29. The van der Waals surface area contributed by atoms with Gasteiger partial charge in [-0.2, -0.15) is 0 Å². The molecule has 2 aromatic rings. The molecule has 0 fully saturated rings. The van der Waals surface area contributed by atoms with E-state index in [1.54, 1.807) is 0 Å². The quantitative estimate of drug-likeness (QED) is 0.863. The lowest BCUT2D eigenvalue weighted by molar-refractivity contribution is 0.215. The van der Waals surface area contributed by atoms with Crippen molar-refractivity contribution >= 4 is 22.9 Å². The Balaban J connectivity index is 2.40. The second-order valence-electron chi connectivity index (χ2n) is 3.56. The Labute approximate surface area is 102 Å². The average Bonchev–Trinajstić information content (AvgIpc) is 2.67. The van der Waals surface area contributed by atoms with Gasteiger partial charge in [-0.15, -0.1) is 11.3 Å². The lowest BCUT2D eigenvalue weighted by Crippen LogP contribution is -2.01. The van der Waals surface area contributed by atoms with Crippen molar-refractivity contribution in [1.29, 1.82) is 0 Å². The first kappa shape index (κ1) is 11.6. The largest absolute Gasteiger partial charge is 0.384 e. The molecule has 16 heavy (non-hydrogen) atoms. The van der Waals surface area contributed by atoms with E-state index in [0.29, 0.717) is 10.6 Å². The first-order chi connectivity index (χ1) is 7.58. The second kappa shape index (κ2) is 4.53. The lowest BCUT2D eigenvalue weighted by atomic mass is 10.0. The standard InChI is InChI=1S/C12H10ClFOS/c1-7-4-8(6-16-7)12(15)10-5-9(13)2-3-11(10)14/h2-6,12,15H,1H3.